The van der Waals surface area contributed by atoms with Crippen LogP contribution in [0.15, 0.2) is 43.8 Å². The summed E-state index contributed by atoms with van der Waals surface area (Å²) in [7, 11) is 1.26. The van der Waals surface area contributed by atoms with E-state index in [-0.39, 0.29) is 64.1 Å². The van der Waals surface area contributed by atoms with E-state index in [4.69, 9.17) is 24.8 Å². The second kappa shape index (κ2) is 18.0. The van der Waals surface area contributed by atoms with E-state index in [9.17, 15) is 28.8 Å². The highest BCUT2D eigenvalue weighted by Crippen LogP contribution is 2.47. The van der Waals surface area contributed by atoms with E-state index in [1.807, 2.05) is 16.4 Å². The first kappa shape index (κ1) is 42.0. The van der Waals surface area contributed by atoms with Gasteiger partial charge in [0.25, 0.3) is 11.8 Å². The number of piperazine rings is 1. The lowest BCUT2D eigenvalue weighted by molar-refractivity contribution is -0.152. The molecule has 22 heteroatoms. The van der Waals surface area contributed by atoms with Crippen molar-refractivity contribution in [2.24, 2.45) is 5.16 Å². The van der Waals surface area contributed by atoms with Crippen molar-refractivity contribution in [2.45, 2.75) is 54.9 Å². The van der Waals surface area contributed by atoms with Crippen LogP contribution >= 0.6 is 34.9 Å². The molecule has 1 aromatic carbocycles. The van der Waals surface area contributed by atoms with Crippen LogP contribution in [-0.4, -0.2) is 120 Å². The minimum absolute atomic E-state index is 0.0150. The maximum Gasteiger partial charge on any atom is 0.355 e. The smallest absolute Gasteiger partial charge is 0.355 e. The number of anilines is 2. The number of hydrogen-bond acceptors (Lipinski definition) is 18. The predicted molar refractivity (Wildman–Crippen MR) is 218 cm³/mol. The fourth-order valence-electron chi connectivity index (χ4n) is 7.09. The van der Waals surface area contributed by atoms with Crippen LogP contribution in [0.2, 0.25) is 0 Å². The molecule has 4 N–H and O–H groups in total. The van der Waals surface area contributed by atoms with Crippen molar-refractivity contribution in [3.8, 4) is 0 Å². The molecule has 3 atom stereocenters. The van der Waals surface area contributed by atoms with Crippen LogP contribution in [-0.2, 0) is 38.2 Å². The molecule has 2 amide bonds. The van der Waals surface area contributed by atoms with E-state index >= 15 is 4.39 Å². The monoisotopic (exact) mass is 872 g/mol. The largest absolute Gasteiger partial charge is 0.462 e. The Hall–Kier alpha value is -5.19. The molecular weight excluding hydrogens is 832 g/mol. The molecule has 0 bridgehead atoms. The molecule has 2 unspecified atom stereocenters. The van der Waals surface area contributed by atoms with E-state index in [1.54, 1.807) is 6.07 Å². The van der Waals surface area contributed by atoms with Crippen LogP contribution in [0.5, 0.6) is 0 Å². The number of nitrogen functional groups attached to an aromatic ring is 1. The van der Waals surface area contributed by atoms with E-state index in [2.05, 4.69) is 20.8 Å². The minimum atomic E-state index is -1.02. The molecular formula is C37H41FN8O10S3. The number of fused-ring (bicyclic) bond motifs is 4. The highest BCUT2D eigenvalue weighted by atomic mass is 32.2. The van der Waals surface area contributed by atoms with E-state index in [0.717, 1.165) is 24.4 Å². The first-order chi connectivity index (χ1) is 28.4. The summed E-state index contributed by atoms with van der Waals surface area (Å²) >= 11 is 3.74. The molecule has 7 rings (SSSR count). The molecule has 0 radical (unpaired) electrons. The number of aromatic nitrogens is 2. The topological polar surface area (TPSA) is 226 Å². The number of carbonyl (C=O) groups is 5. The lowest BCUT2D eigenvalue weighted by Crippen LogP contribution is -2.71. The van der Waals surface area contributed by atoms with Gasteiger partial charge in [0.2, 0.25) is 5.43 Å². The summed E-state index contributed by atoms with van der Waals surface area (Å²) in [5, 5.41) is 11.2. The summed E-state index contributed by atoms with van der Waals surface area (Å²) in [6, 6.07) is 1.88. The molecule has 6 heterocycles. The average Bonchev–Trinajstić information content (AvgIpc) is 3.65. The summed E-state index contributed by atoms with van der Waals surface area (Å²) in [5.74, 6) is -3.81. The molecule has 3 aromatic rings. The van der Waals surface area contributed by atoms with Gasteiger partial charge in [0.1, 0.15) is 47.9 Å². The molecule has 0 spiro atoms. The molecule has 2 aromatic heterocycles. The van der Waals surface area contributed by atoms with Gasteiger partial charge in [0.15, 0.2) is 10.8 Å². The number of esters is 3. The SMILES string of the molecule is CO/N=C(\C(=O)NC1C(=O)N2C(C(=O)OCCCCCOC(=O)c3c4n(c5cc(N6CCNCC6)c(F)cc5c3=O)C(C)S4)=C(COC(C)=O)CS[C@H]12)c1csc(N)n1. The zero-order valence-corrected chi connectivity index (χ0v) is 34.7. The number of thiazole rings is 1. The van der Waals surface area contributed by atoms with Crippen LogP contribution in [0.4, 0.5) is 15.2 Å². The Morgan fingerprint density at radius 3 is 2.46 bits per heavy atom. The number of nitrogens with zero attached hydrogens (tertiary/aromatic N) is 5. The molecule has 2 saturated heterocycles. The molecule has 59 heavy (non-hydrogen) atoms. The summed E-state index contributed by atoms with van der Waals surface area (Å²) in [6.07, 6.45) is 1.24. The first-order valence-corrected chi connectivity index (χ1v) is 21.5. The maximum absolute atomic E-state index is 15.3. The summed E-state index contributed by atoms with van der Waals surface area (Å²) in [5.41, 5.74) is 6.27. The van der Waals surface area contributed by atoms with Crippen LogP contribution in [0.1, 0.15) is 54.5 Å². The number of carbonyl (C=O) groups excluding carboxylic acids is 5. The lowest BCUT2D eigenvalue weighted by atomic mass is 10.0. The van der Waals surface area contributed by atoms with Crippen LogP contribution in [0.25, 0.3) is 10.9 Å². The normalized spacial score (nSPS) is 20.0. The summed E-state index contributed by atoms with van der Waals surface area (Å²) in [4.78, 5) is 90.5. The number of rotatable bonds is 15. The number of pyridine rings is 1. The number of benzene rings is 1. The van der Waals surface area contributed by atoms with Gasteiger partial charge in [-0.1, -0.05) is 16.9 Å². The Kier molecular flexibility index (Phi) is 12.8. The highest BCUT2D eigenvalue weighted by molar-refractivity contribution is 8.00. The van der Waals surface area contributed by atoms with Crippen molar-refractivity contribution in [3.63, 3.8) is 0 Å². The van der Waals surface area contributed by atoms with Crippen molar-refractivity contribution in [2.75, 3.05) is 69.5 Å². The maximum atomic E-state index is 15.3. The second-order valence-corrected chi connectivity index (χ2v) is 17.1. The number of nitrogens with one attached hydrogen (secondary N) is 2. The molecule has 0 saturated carbocycles. The quantitative estimate of drug-likeness (QED) is 0.0498. The fourth-order valence-corrected chi connectivity index (χ4v) is 10.1. The number of nitrogens with two attached hydrogens (primary N) is 1. The summed E-state index contributed by atoms with van der Waals surface area (Å²) in [6.45, 7) is 5.58. The number of halogens is 1. The Balaban J connectivity index is 0.933. The number of unbranched alkanes of at least 4 members (excludes halogenated alkanes) is 2. The van der Waals surface area contributed by atoms with Gasteiger partial charge in [-0.2, -0.15) is 0 Å². The van der Waals surface area contributed by atoms with Crippen molar-refractivity contribution in [1.29, 1.82) is 0 Å². The standard InChI is InChI=1S/C37H41FN8O10S3/c1-18-45-24-14-25(44-9-7-40-8-10-44)22(38)13-21(24)30(48)26(33(45)59-18)35(51)54-11-5-4-6-12-55-36(52)29-20(15-56-19(2)47)16-57-34-28(32(50)46(29)34)42-31(49)27(43-53-3)23-17-58-37(39)41-23/h13-14,17-18,28,34,40H,4-12,15-16H2,1-3H3,(H2,39,41)(H,42,49)/b43-27-/t18?,28?,34-/m1/s1. The average molecular weight is 873 g/mol. The number of ether oxygens (including phenoxy) is 3. The Morgan fingerprint density at radius 1 is 1.07 bits per heavy atom. The number of thioether (sulfide) groups is 2. The molecule has 18 nitrogen and oxygen atoms in total. The highest BCUT2D eigenvalue weighted by Gasteiger charge is 2.55. The third kappa shape index (κ3) is 8.48. The van der Waals surface area contributed by atoms with Gasteiger partial charge in [0, 0.05) is 55.2 Å². The van der Waals surface area contributed by atoms with Crippen LogP contribution in [0, 0.1) is 5.82 Å². The van der Waals surface area contributed by atoms with Gasteiger partial charge in [-0.25, -0.2) is 19.0 Å². The van der Waals surface area contributed by atoms with Crippen molar-refractivity contribution < 1.29 is 47.4 Å². The van der Waals surface area contributed by atoms with Gasteiger partial charge in [-0.15, -0.1) is 23.1 Å². The second-order valence-electron chi connectivity index (χ2n) is 13.8. The molecule has 4 aliphatic rings. The number of amides is 2. The first-order valence-electron chi connectivity index (χ1n) is 18.7. The van der Waals surface area contributed by atoms with Crippen LogP contribution < -0.4 is 26.7 Å². The van der Waals surface area contributed by atoms with Gasteiger partial charge < -0.3 is 44.9 Å². The Morgan fingerprint density at radius 2 is 1.80 bits per heavy atom. The molecule has 0 aliphatic carbocycles. The van der Waals surface area contributed by atoms with Crippen molar-refractivity contribution in [3.05, 3.63) is 56.1 Å². The number of oxime groups is 1. The van der Waals surface area contributed by atoms with Gasteiger partial charge in [-0.05, 0) is 38.3 Å². The van der Waals surface area contributed by atoms with E-state index < -0.39 is 52.4 Å². The van der Waals surface area contributed by atoms with Gasteiger partial charge in [-0.3, -0.25) is 24.1 Å². The zero-order valence-electron chi connectivity index (χ0n) is 32.2. The van der Waals surface area contributed by atoms with Crippen molar-refractivity contribution >= 4 is 92.0 Å². The molecule has 314 valence electrons. The number of hydrogen-bond donors (Lipinski definition) is 3. The van der Waals surface area contributed by atoms with Gasteiger partial charge in [0.05, 0.1) is 34.8 Å². The third-order valence-corrected chi connectivity index (χ3v) is 13.1. The lowest BCUT2D eigenvalue weighted by Gasteiger charge is -2.49. The Bertz CT molecular complexity index is 2330. The minimum Gasteiger partial charge on any atom is -0.462 e. The third-order valence-electron chi connectivity index (χ3n) is 9.93. The summed E-state index contributed by atoms with van der Waals surface area (Å²) < 4.78 is 33.4. The Labute approximate surface area is 349 Å². The van der Waals surface area contributed by atoms with Crippen LogP contribution in [0.3, 0.4) is 0 Å². The number of β-lactam (4-membered cyclic amide) rings is 1. The van der Waals surface area contributed by atoms with E-state index in [0.29, 0.717) is 54.2 Å². The fraction of sp³-hybridized carbons (Fsp3) is 0.459. The molecule has 4 aliphatic heterocycles. The predicted octanol–water partition coefficient (Wildman–Crippen LogP) is 2.35. The van der Waals surface area contributed by atoms with E-state index in [1.165, 1.54) is 53.9 Å². The zero-order chi connectivity index (χ0) is 42.0. The van der Waals surface area contributed by atoms with Crippen molar-refractivity contribution in [1.82, 2.24) is 25.1 Å². The molecule has 2 fully saturated rings. The van der Waals surface area contributed by atoms with Gasteiger partial charge >= 0.3 is 17.9 Å².